The molecule has 0 saturated heterocycles. The number of hydroxylamine groups is 1. The SMILES string of the molecule is CC(C)CN(Sc1ccc(Oc2ccc(S(C)(=O)=O)cc2)cc1)C1(C(=O)NO)CCCC1. The van der Waals surface area contributed by atoms with Crippen LogP contribution in [0.15, 0.2) is 58.3 Å². The second-order valence-corrected chi connectivity index (χ2v) is 11.7. The van der Waals surface area contributed by atoms with Gasteiger partial charge in [-0.3, -0.25) is 10.0 Å². The summed E-state index contributed by atoms with van der Waals surface area (Å²) in [6, 6.07) is 13.8. The normalized spacial score (nSPS) is 15.8. The van der Waals surface area contributed by atoms with Crippen LogP contribution in [0.4, 0.5) is 0 Å². The molecule has 1 amide bonds. The quantitative estimate of drug-likeness (QED) is 0.307. The van der Waals surface area contributed by atoms with Crippen LogP contribution in [0.1, 0.15) is 39.5 Å². The first-order valence-electron chi connectivity index (χ1n) is 10.6. The first-order valence-corrected chi connectivity index (χ1v) is 13.3. The minimum absolute atomic E-state index is 0.245. The molecule has 1 aliphatic rings. The van der Waals surface area contributed by atoms with Crippen LogP contribution < -0.4 is 10.2 Å². The van der Waals surface area contributed by atoms with Crippen LogP contribution in [0.5, 0.6) is 11.5 Å². The first-order chi connectivity index (χ1) is 15.1. The van der Waals surface area contributed by atoms with Crippen molar-refractivity contribution in [1.82, 2.24) is 9.79 Å². The van der Waals surface area contributed by atoms with E-state index in [-0.39, 0.29) is 10.8 Å². The maximum absolute atomic E-state index is 12.6. The molecule has 0 unspecified atom stereocenters. The summed E-state index contributed by atoms with van der Waals surface area (Å²) in [7, 11) is -3.25. The Kier molecular flexibility index (Phi) is 7.87. The highest BCUT2D eigenvalue weighted by atomic mass is 32.2. The molecule has 0 spiro atoms. The molecule has 0 aliphatic heterocycles. The van der Waals surface area contributed by atoms with Crippen molar-refractivity contribution in [3.05, 3.63) is 48.5 Å². The molecule has 2 aromatic rings. The number of nitrogens with one attached hydrogen (secondary N) is 1. The Morgan fingerprint density at radius 3 is 2.09 bits per heavy atom. The molecule has 9 heteroatoms. The lowest BCUT2D eigenvalue weighted by molar-refractivity contribution is -0.139. The van der Waals surface area contributed by atoms with Gasteiger partial charge in [0.25, 0.3) is 5.91 Å². The van der Waals surface area contributed by atoms with Gasteiger partial charge in [-0.05, 0) is 79.2 Å². The van der Waals surface area contributed by atoms with Crippen LogP contribution in [0, 0.1) is 5.92 Å². The average Bonchev–Trinajstić information content (AvgIpc) is 3.25. The van der Waals surface area contributed by atoms with Crippen LogP contribution in [-0.4, -0.2) is 42.2 Å². The minimum atomic E-state index is -3.25. The summed E-state index contributed by atoms with van der Waals surface area (Å²) in [6.07, 6.45) is 4.50. The number of hydrogen-bond acceptors (Lipinski definition) is 7. The Morgan fingerprint density at radius 2 is 1.62 bits per heavy atom. The average molecular weight is 479 g/mol. The van der Waals surface area contributed by atoms with E-state index < -0.39 is 15.4 Å². The Hall–Kier alpha value is -2.07. The van der Waals surface area contributed by atoms with E-state index in [4.69, 9.17) is 4.74 Å². The summed E-state index contributed by atoms with van der Waals surface area (Å²) in [4.78, 5) is 13.8. The van der Waals surface area contributed by atoms with Gasteiger partial charge in [-0.2, -0.15) is 0 Å². The van der Waals surface area contributed by atoms with Crippen molar-refractivity contribution in [3.63, 3.8) is 0 Å². The number of benzene rings is 2. The van der Waals surface area contributed by atoms with Gasteiger partial charge >= 0.3 is 0 Å². The van der Waals surface area contributed by atoms with Crippen molar-refractivity contribution in [1.29, 1.82) is 0 Å². The van der Waals surface area contributed by atoms with Gasteiger partial charge in [0, 0.05) is 17.7 Å². The number of hydrogen-bond donors (Lipinski definition) is 2. The maximum atomic E-state index is 12.6. The van der Waals surface area contributed by atoms with Crippen LogP contribution in [0.25, 0.3) is 0 Å². The zero-order valence-electron chi connectivity index (χ0n) is 18.6. The standard InChI is InChI=1S/C23H30N2O5S2/c1-17(2)16-25(23(22(26)24-27)14-4-5-15-23)31-20-10-6-18(7-11-20)30-19-8-12-21(13-9-19)32(3,28)29/h6-13,17,27H,4-5,14-16H2,1-3H3,(H,24,26). The van der Waals surface area contributed by atoms with Crippen molar-refractivity contribution < 1.29 is 23.2 Å². The number of rotatable bonds is 9. The van der Waals surface area contributed by atoms with Crippen LogP contribution in [-0.2, 0) is 14.6 Å². The Bertz CT molecular complexity index is 1020. The fraction of sp³-hybridized carbons (Fsp3) is 0.435. The molecular formula is C23H30N2O5S2. The molecule has 0 heterocycles. The predicted octanol–water partition coefficient (Wildman–Crippen LogP) is 4.67. The highest BCUT2D eigenvalue weighted by Gasteiger charge is 2.47. The molecule has 7 nitrogen and oxygen atoms in total. The highest BCUT2D eigenvalue weighted by Crippen LogP contribution is 2.42. The van der Waals surface area contributed by atoms with Gasteiger partial charge in [-0.25, -0.2) is 18.2 Å². The fourth-order valence-corrected chi connectivity index (χ4v) is 5.83. The second kappa shape index (κ2) is 10.2. The summed E-state index contributed by atoms with van der Waals surface area (Å²) in [6.45, 7) is 4.93. The lowest BCUT2D eigenvalue weighted by atomic mass is 9.95. The van der Waals surface area contributed by atoms with Gasteiger partial charge in [-0.1, -0.05) is 26.7 Å². The molecule has 3 rings (SSSR count). The number of carbonyl (C=O) groups excluding carboxylic acids is 1. The summed E-state index contributed by atoms with van der Waals surface area (Å²) in [5.74, 6) is 1.17. The van der Waals surface area contributed by atoms with E-state index in [1.165, 1.54) is 30.3 Å². The van der Waals surface area contributed by atoms with Crippen molar-refractivity contribution in [3.8, 4) is 11.5 Å². The maximum Gasteiger partial charge on any atom is 0.264 e. The van der Waals surface area contributed by atoms with E-state index >= 15 is 0 Å². The van der Waals surface area contributed by atoms with Gasteiger partial charge in [0.2, 0.25) is 0 Å². The smallest absolute Gasteiger partial charge is 0.264 e. The lowest BCUT2D eigenvalue weighted by Gasteiger charge is -2.39. The largest absolute Gasteiger partial charge is 0.457 e. The molecule has 1 saturated carbocycles. The molecular weight excluding hydrogens is 448 g/mol. The number of sulfone groups is 1. The second-order valence-electron chi connectivity index (χ2n) is 8.54. The fourth-order valence-electron chi connectivity index (χ4n) is 3.87. The molecule has 1 aliphatic carbocycles. The molecule has 1 fully saturated rings. The van der Waals surface area contributed by atoms with E-state index in [0.29, 0.717) is 36.8 Å². The third-order valence-corrected chi connectivity index (χ3v) is 7.82. The summed E-state index contributed by atoms with van der Waals surface area (Å²) in [5.41, 5.74) is 1.16. The highest BCUT2D eigenvalue weighted by molar-refractivity contribution is 7.97. The van der Waals surface area contributed by atoms with Gasteiger partial charge in [0.1, 0.15) is 17.0 Å². The summed E-state index contributed by atoms with van der Waals surface area (Å²) >= 11 is 1.52. The molecule has 2 N–H and O–H groups in total. The van der Waals surface area contributed by atoms with E-state index in [0.717, 1.165) is 17.7 Å². The predicted molar refractivity (Wildman–Crippen MR) is 125 cm³/mol. The summed E-state index contributed by atoms with van der Waals surface area (Å²) in [5, 5.41) is 9.36. The van der Waals surface area contributed by atoms with Gasteiger partial charge < -0.3 is 4.74 Å². The van der Waals surface area contributed by atoms with E-state index in [1.54, 1.807) is 12.1 Å². The molecule has 2 aromatic carbocycles. The monoisotopic (exact) mass is 478 g/mol. The van der Waals surface area contributed by atoms with Crippen LogP contribution in [0.2, 0.25) is 0 Å². The van der Waals surface area contributed by atoms with E-state index in [1.807, 2.05) is 29.7 Å². The topological polar surface area (TPSA) is 95.9 Å². The Labute approximate surface area is 194 Å². The van der Waals surface area contributed by atoms with Gasteiger partial charge in [-0.15, -0.1) is 0 Å². The van der Waals surface area contributed by atoms with Gasteiger partial charge in [0.05, 0.1) is 4.90 Å². The van der Waals surface area contributed by atoms with E-state index in [2.05, 4.69) is 18.2 Å². The lowest BCUT2D eigenvalue weighted by Crippen LogP contribution is -2.54. The first kappa shape index (κ1) is 24.6. The minimum Gasteiger partial charge on any atom is -0.457 e. The van der Waals surface area contributed by atoms with Crippen LogP contribution in [0.3, 0.4) is 0 Å². The van der Waals surface area contributed by atoms with Crippen molar-refractivity contribution in [2.75, 3.05) is 12.8 Å². The Balaban J connectivity index is 1.74. The van der Waals surface area contributed by atoms with E-state index in [9.17, 15) is 18.4 Å². The molecule has 0 atom stereocenters. The molecule has 174 valence electrons. The number of amides is 1. The zero-order valence-corrected chi connectivity index (χ0v) is 20.2. The Morgan fingerprint density at radius 1 is 1.09 bits per heavy atom. The number of ether oxygens (including phenoxy) is 1. The van der Waals surface area contributed by atoms with Crippen molar-refractivity contribution in [2.45, 2.75) is 54.9 Å². The third-order valence-electron chi connectivity index (χ3n) is 5.49. The van der Waals surface area contributed by atoms with Crippen molar-refractivity contribution in [2.24, 2.45) is 5.92 Å². The molecule has 0 radical (unpaired) electrons. The van der Waals surface area contributed by atoms with Crippen molar-refractivity contribution >= 4 is 27.7 Å². The van der Waals surface area contributed by atoms with Gasteiger partial charge in [0.15, 0.2) is 9.84 Å². The number of carbonyl (C=O) groups is 1. The summed E-state index contributed by atoms with van der Waals surface area (Å²) < 4.78 is 31.1. The van der Waals surface area contributed by atoms with Crippen LogP contribution >= 0.6 is 11.9 Å². The molecule has 0 bridgehead atoms. The molecule has 32 heavy (non-hydrogen) atoms. The molecule has 0 aromatic heterocycles. The third kappa shape index (κ3) is 5.83. The number of nitrogens with zero attached hydrogens (tertiary/aromatic N) is 1. The zero-order chi connectivity index (χ0) is 23.4.